The molecule has 1 saturated carbocycles. The summed E-state index contributed by atoms with van der Waals surface area (Å²) in [6.45, 7) is 2.02. The molecule has 110 valence electrons. The van der Waals surface area contributed by atoms with Crippen molar-refractivity contribution in [2.45, 2.75) is 35.6 Å². The predicted octanol–water partition coefficient (Wildman–Crippen LogP) is 5.16. The second kappa shape index (κ2) is 6.03. The van der Waals surface area contributed by atoms with Crippen molar-refractivity contribution in [3.8, 4) is 0 Å². The van der Waals surface area contributed by atoms with Crippen LogP contribution in [0.1, 0.15) is 30.1 Å². The third-order valence-corrected chi connectivity index (χ3v) is 5.22. The summed E-state index contributed by atoms with van der Waals surface area (Å²) in [5, 5.41) is 5.43. The minimum absolute atomic E-state index is 0.506. The van der Waals surface area contributed by atoms with Crippen LogP contribution in [0.5, 0.6) is 0 Å². The van der Waals surface area contributed by atoms with Gasteiger partial charge >= 0.3 is 0 Å². The Kier molecular flexibility index (Phi) is 4.29. The zero-order valence-electron chi connectivity index (χ0n) is 11.8. The maximum absolute atomic E-state index is 6.25. The van der Waals surface area contributed by atoms with Crippen molar-refractivity contribution in [3.63, 3.8) is 0 Å². The third kappa shape index (κ3) is 3.28. The Bertz CT molecular complexity index is 687. The summed E-state index contributed by atoms with van der Waals surface area (Å²) in [5.41, 5.74) is 1.03. The van der Waals surface area contributed by atoms with Crippen LogP contribution in [0.2, 0.25) is 10.0 Å². The molecule has 1 aromatic carbocycles. The van der Waals surface area contributed by atoms with E-state index in [9.17, 15) is 0 Å². The van der Waals surface area contributed by atoms with E-state index >= 15 is 0 Å². The largest absolute Gasteiger partial charge is 0.373 e. The highest BCUT2D eigenvalue weighted by atomic mass is 35.5. The van der Waals surface area contributed by atoms with Crippen LogP contribution in [0.15, 0.2) is 28.1 Å². The standard InChI is InChI=1S/C15H15Cl2N3S/c1-8-13(18-2)19-14(9-3-4-9)20-15(8)21-12-7-10(16)5-6-11(12)17/h5-7,9H,3-4H2,1-2H3,(H,18,19,20). The van der Waals surface area contributed by atoms with Gasteiger partial charge < -0.3 is 5.32 Å². The lowest BCUT2D eigenvalue weighted by atomic mass is 10.3. The van der Waals surface area contributed by atoms with Gasteiger partial charge in [0.05, 0.1) is 5.02 Å². The van der Waals surface area contributed by atoms with E-state index in [-0.39, 0.29) is 0 Å². The third-order valence-electron chi connectivity index (χ3n) is 3.40. The summed E-state index contributed by atoms with van der Waals surface area (Å²) in [6.07, 6.45) is 2.35. The topological polar surface area (TPSA) is 37.8 Å². The summed E-state index contributed by atoms with van der Waals surface area (Å²) in [7, 11) is 1.88. The van der Waals surface area contributed by atoms with Crippen LogP contribution < -0.4 is 5.32 Å². The Morgan fingerprint density at radius 1 is 1.24 bits per heavy atom. The van der Waals surface area contributed by atoms with Gasteiger partial charge in [0.25, 0.3) is 0 Å². The number of hydrogen-bond donors (Lipinski definition) is 1. The maximum atomic E-state index is 6.25. The maximum Gasteiger partial charge on any atom is 0.135 e. The van der Waals surface area contributed by atoms with Crippen molar-refractivity contribution in [2.75, 3.05) is 12.4 Å². The molecule has 0 spiro atoms. The predicted molar refractivity (Wildman–Crippen MR) is 88.9 cm³/mol. The molecule has 3 nitrogen and oxygen atoms in total. The Hall–Kier alpha value is -0.970. The number of hydrogen-bond acceptors (Lipinski definition) is 4. The molecule has 0 aliphatic heterocycles. The number of rotatable bonds is 4. The van der Waals surface area contributed by atoms with Gasteiger partial charge in [-0.05, 0) is 38.0 Å². The van der Waals surface area contributed by atoms with E-state index in [1.165, 1.54) is 24.6 Å². The van der Waals surface area contributed by atoms with E-state index in [1.807, 2.05) is 26.1 Å². The van der Waals surface area contributed by atoms with Crippen molar-refractivity contribution < 1.29 is 0 Å². The molecule has 0 saturated heterocycles. The van der Waals surface area contributed by atoms with Crippen LogP contribution in [0.3, 0.4) is 0 Å². The fraction of sp³-hybridized carbons (Fsp3) is 0.333. The molecular weight excluding hydrogens is 325 g/mol. The number of aromatic nitrogens is 2. The normalized spacial score (nSPS) is 14.3. The molecule has 1 fully saturated rings. The molecule has 1 N–H and O–H groups in total. The fourth-order valence-electron chi connectivity index (χ4n) is 2.04. The lowest BCUT2D eigenvalue weighted by molar-refractivity contribution is 0.865. The lowest BCUT2D eigenvalue weighted by Gasteiger charge is -2.12. The zero-order valence-corrected chi connectivity index (χ0v) is 14.1. The van der Waals surface area contributed by atoms with Crippen LogP contribution in [0.4, 0.5) is 5.82 Å². The summed E-state index contributed by atoms with van der Waals surface area (Å²) < 4.78 is 0. The molecule has 2 aromatic rings. The van der Waals surface area contributed by atoms with Gasteiger partial charge in [0.15, 0.2) is 0 Å². The van der Waals surface area contributed by atoms with Gasteiger partial charge in [0.2, 0.25) is 0 Å². The number of nitrogens with zero attached hydrogens (tertiary/aromatic N) is 2. The first kappa shape index (κ1) is 14.9. The molecule has 3 rings (SSSR count). The minimum Gasteiger partial charge on any atom is -0.373 e. The van der Waals surface area contributed by atoms with Gasteiger partial charge in [-0.2, -0.15) is 0 Å². The fourth-order valence-corrected chi connectivity index (χ4v) is 3.46. The molecule has 0 unspecified atom stereocenters. The summed E-state index contributed by atoms with van der Waals surface area (Å²) in [6, 6.07) is 5.46. The van der Waals surface area contributed by atoms with E-state index in [2.05, 4.69) is 10.3 Å². The van der Waals surface area contributed by atoms with Gasteiger partial charge in [-0.1, -0.05) is 35.0 Å². The molecule has 0 amide bonds. The van der Waals surface area contributed by atoms with Crippen LogP contribution in [-0.4, -0.2) is 17.0 Å². The van der Waals surface area contributed by atoms with E-state index in [4.69, 9.17) is 28.2 Å². The van der Waals surface area contributed by atoms with Crippen LogP contribution in [0.25, 0.3) is 0 Å². The number of halogens is 2. The van der Waals surface area contributed by atoms with E-state index in [0.29, 0.717) is 16.0 Å². The van der Waals surface area contributed by atoms with Gasteiger partial charge in [0, 0.05) is 28.4 Å². The Morgan fingerprint density at radius 3 is 2.67 bits per heavy atom. The van der Waals surface area contributed by atoms with E-state index in [1.54, 1.807) is 6.07 Å². The molecule has 0 atom stereocenters. The molecule has 1 heterocycles. The molecule has 6 heteroatoms. The first-order chi connectivity index (χ1) is 10.1. The number of anilines is 1. The minimum atomic E-state index is 0.506. The second-order valence-corrected chi connectivity index (χ2v) is 6.94. The Labute approximate surface area is 138 Å². The molecule has 1 aliphatic rings. The average Bonchev–Trinajstić information content (AvgIpc) is 3.29. The van der Waals surface area contributed by atoms with Crippen LogP contribution in [0, 0.1) is 6.92 Å². The van der Waals surface area contributed by atoms with Gasteiger partial charge in [-0.25, -0.2) is 9.97 Å². The smallest absolute Gasteiger partial charge is 0.135 e. The van der Waals surface area contributed by atoms with Gasteiger partial charge in [-0.3, -0.25) is 0 Å². The molecule has 0 radical (unpaired) electrons. The summed E-state index contributed by atoms with van der Waals surface area (Å²) in [4.78, 5) is 10.2. The van der Waals surface area contributed by atoms with Crippen molar-refractivity contribution >= 4 is 40.8 Å². The summed E-state index contributed by atoms with van der Waals surface area (Å²) >= 11 is 13.8. The van der Waals surface area contributed by atoms with Crippen molar-refractivity contribution in [2.24, 2.45) is 0 Å². The Morgan fingerprint density at radius 2 is 2.00 bits per heavy atom. The highest BCUT2D eigenvalue weighted by Crippen LogP contribution is 2.42. The van der Waals surface area contributed by atoms with E-state index < -0.39 is 0 Å². The summed E-state index contributed by atoms with van der Waals surface area (Å²) in [5.74, 6) is 2.31. The number of nitrogens with one attached hydrogen (secondary N) is 1. The van der Waals surface area contributed by atoms with Crippen molar-refractivity contribution in [3.05, 3.63) is 39.6 Å². The first-order valence-electron chi connectivity index (χ1n) is 6.77. The molecule has 1 aliphatic carbocycles. The molecular formula is C15H15Cl2N3S. The SMILES string of the molecule is CNc1nc(C2CC2)nc(Sc2cc(Cl)ccc2Cl)c1C. The molecule has 0 bridgehead atoms. The zero-order chi connectivity index (χ0) is 15.0. The second-order valence-electron chi connectivity index (χ2n) is 5.06. The monoisotopic (exact) mass is 339 g/mol. The molecule has 1 aromatic heterocycles. The van der Waals surface area contributed by atoms with Crippen molar-refractivity contribution in [1.29, 1.82) is 0 Å². The molecule has 21 heavy (non-hydrogen) atoms. The Balaban J connectivity index is 2.00. The highest BCUT2D eigenvalue weighted by Gasteiger charge is 2.28. The van der Waals surface area contributed by atoms with Crippen molar-refractivity contribution in [1.82, 2.24) is 9.97 Å². The quantitative estimate of drug-likeness (QED) is 0.780. The van der Waals surface area contributed by atoms with Gasteiger partial charge in [0.1, 0.15) is 16.7 Å². The van der Waals surface area contributed by atoms with E-state index in [0.717, 1.165) is 27.1 Å². The van der Waals surface area contributed by atoms with Gasteiger partial charge in [-0.15, -0.1) is 0 Å². The highest BCUT2D eigenvalue weighted by molar-refractivity contribution is 7.99. The first-order valence-corrected chi connectivity index (χ1v) is 8.35. The van der Waals surface area contributed by atoms with Crippen LogP contribution >= 0.6 is 35.0 Å². The lowest BCUT2D eigenvalue weighted by Crippen LogP contribution is -2.04. The van der Waals surface area contributed by atoms with Crippen LogP contribution in [-0.2, 0) is 0 Å². The average molecular weight is 340 g/mol. The number of benzene rings is 1.